The highest BCUT2D eigenvalue weighted by Gasteiger charge is 2.40. The van der Waals surface area contributed by atoms with Crippen molar-refractivity contribution in [3.8, 4) is 5.69 Å². The first-order chi connectivity index (χ1) is 12.4. The molecule has 3 aromatic rings. The maximum atomic E-state index is 4.45. The molecule has 5 heteroatoms. The SMILES string of the molecule is Cc1ccc(-n2nnnc2C2c3ccccc3CC(C)(C)N2C)c(C)c1. The Morgan fingerprint density at radius 2 is 1.85 bits per heavy atom. The molecule has 1 aromatic heterocycles. The van der Waals surface area contributed by atoms with Gasteiger partial charge in [0.2, 0.25) is 0 Å². The van der Waals surface area contributed by atoms with Gasteiger partial charge in [0, 0.05) is 5.54 Å². The molecule has 1 unspecified atom stereocenters. The summed E-state index contributed by atoms with van der Waals surface area (Å²) in [6.07, 6.45) is 1.02. The van der Waals surface area contributed by atoms with Crippen molar-refractivity contribution in [3.05, 3.63) is 70.5 Å². The summed E-state index contributed by atoms with van der Waals surface area (Å²) in [6, 6.07) is 15.0. The molecule has 0 N–H and O–H groups in total. The Morgan fingerprint density at radius 3 is 2.62 bits per heavy atom. The Kier molecular flexibility index (Phi) is 3.92. The van der Waals surface area contributed by atoms with E-state index in [2.05, 4.69) is 97.6 Å². The van der Waals surface area contributed by atoms with Gasteiger partial charge in [-0.3, -0.25) is 4.90 Å². The van der Waals surface area contributed by atoms with Gasteiger partial charge in [0.1, 0.15) is 0 Å². The second kappa shape index (κ2) is 6.02. The third kappa shape index (κ3) is 2.63. The van der Waals surface area contributed by atoms with Crippen LogP contribution >= 0.6 is 0 Å². The molecule has 2 aromatic carbocycles. The maximum absolute atomic E-state index is 4.45. The van der Waals surface area contributed by atoms with E-state index >= 15 is 0 Å². The fourth-order valence-corrected chi connectivity index (χ4v) is 4.00. The molecule has 1 aliphatic rings. The zero-order valence-corrected chi connectivity index (χ0v) is 16.1. The van der Waals surface area contributed by atoms with Gasteiger partial charge in [-0.15, -0.1) is 5.10 Å². The lowest BCUT2D eigenvalue weighted by atomic mass is 9.81. The Labute approximate surface area is 154 Å². The third-order valence-corrected chi connectivity index (χ3v) is 5.63. The quantitative estimate of drug-likeness (QED) is 0.710. The number of tetrazole rings is 1. The number of aryl methyl sites for hydroxylation is 2. The maximum Gasteiger partial charge on any atom is 0.178 e. The van der Waals surface area contributed by atoms with E-state index < -0.39 is 0 Å². The van der Waals surface area contributed by atoms with Crippen LogP contribution in [0.25, 0.3) is 5.69 Å². The largest absolute Gasteiger partial charge is 0.287 e. The van der Waals surface area contributed by atoms with E-state index in [0.29, 0.717) is 0 Å². The van der Waals surface area contributed by atoms with Crippen molar-refractivity contribution >= 4 is 0 Å². The molecule has 1 atom stereocenters. The predicted octanol–water partition coefficient (Wildman–Crippen LogP) is 3.64. The van der Waals surface area contributed by atoms with E-state index in [9.17, 15) is 0 Å². The summed E-state index contributed by atoms with van der Waals surface area (Å²) in [6.45, 7) is 8.77. The van der Waals surface area contributed by atoms with E-state index in [4.69, 9.17) is 0 Å². The topological polar surface area (TPSA) is 46.8 Å². The second-order valence-corrected chi connectivity index (χ2v) is 7.94. The summed E-state index contributed by atoms with van der Waals surface area (Å²) >= 11 is 0. The standard InChI is InChI=1S/C21H25N5/c1-14-10-11-18(15(2)12-14)26-20(22-23-24-26)19-17-9-7-6-8-16(17)13-21(3,4)25(19)5/h6-12,19H,13H2,1-5H3. The first-order valence-corrected chi connectivity index (χ1v) is 9.05. The summed E-state index contributed by atoms with van der Waals surface area (Å²) in [5, 5.41) is 12.8. The van der Waals surface area contributed by atoms with Crippen molar-refractivity contribution in [1.82, 2.24) is 25.1 Å². The Morgan fingerprint density at radius 1 is 1.08 bits per heavy atom. The van der Waals surface area contributed by atoms with Crippen molar-refractivity contribution in [2.24, 2.45) is 0 Å². The van der Waals surface area contributed by atoms with Crippen LogP contribution in [-0.4, -0.2) is 37.7 Å². The van der Waals surface area contributed by atoms with Crippen LogP contribution in [0.2, 0.25) is 0 Å². The number of hydrogen-bond donors (Lipinski definition) is 0. The molecule has 0 radical (unpaired) electrons. The highest BCUT2D eigenvalue weighted by atomic mass is 15.6. The molecule has 26 heavy (non-hydrogen) atoms. The minimum atomic E-state index is 0.0191. The molecule has 2 heterocycles. The number of aromatic nitrogens is 4. The summed E-state index contributed by atoms with van der Waals surface area (Å²) in [5.74, 6) is 0.861. The first-order valence-electron chi connectivity index (χ1n) is 9.05. The van der Waals surface area contributed by atoms with E-state index in [1.807, 2.05) is 4.68 Å². The molecule has 5 nitrogen and oxygen atoms in total. The summed E-state index contributed by atoms with van der Waals surface area (Å²) in [5.41, 5.74) is 6.13. The van der Waals surface area contributed by atoms with Crippen LogP contribution in [0.3, 0.4) is 0 Å². The Balaban J connectivity index is 1.90. The summed E-state index contributed by atoms with van der Waals surface area (Å²) < 4.78 is 1.90. The number of likely N-dealkylation sites (N-methyl/N-ethyl adjacent to an activating group) is 1. The van der Waals surface area contributed by atoms with Crippen LogP contribution in [-0.2, 0) is 6.42 Å². The molecule has 0 spiro atoms. The zero-order valence-electron chi connectivity index (χ0n) is 16.1. The average Bonchev–Trinajstić information content (AvgIpc) is 3.04. The molecule has 0 saturated heterocycles. The number of rotatable bonds is 2. The van der Waals surface area contributed by atoms with E-state index in [-0.39, 0.29) is 11.6 Å². The zero-order chi connectivity index (χ0) is 18.5. The van der Waals surface area contributed by atoms with Gasteiger partial charge in [-0.2, -0.15) is 4.68 Å². The number of hydrogen-bond acceptors (Lipinski definition) is 4. The van der Waals surface area contributed by atoms with Gasteiger partial charge in [0.25, 0.3) is 0 Å². The van der Waals surface area contributed by atoms with Gasteiger partial charge in [-0.1, -0.05) is 42.0 Å². The van der Waals surface area contributed by atoms with Gasteiger partial charge in [-0.05, 0) is 74.3 Å². The van der Waals surface area contributed by atoms with Crippen LogP contribution in [0.4, 0.5) is 0 Å². The molecule has 0 fully saturated rings. The second-order valence-electron chi connectivity index (χ2n) is 7.94. The number of benzene rings is 2. The molecular formula is C21H25N5. The lowest BCUT2D eigenvalue weighted by Gasteiger charge is -2.45. The van der Waals surface area contributed by atoms with Crippen LogP contribution in [0.5, 0.6) is 0 Å². The van der Waals surface area contributed by atoms with Gasteiger partial charge in [-0.25, -0.2) is 0 Å². The highest BCUT2D eigenvalue weighted by Crippen LogP contribution is 2.40. The van der Waals surface area contributed by atoms with E-state index in [0.717, 1.165) is 17.9 Å². The lowest BCUT2D eigenvalue weighted by molar-refractivity contribution is 0.0993. The first kappa shape index (κ1) is 16.9. The molecule has 0 aliphatic carbocycles. The minimum Gasteiger partial charge on any atom is -0.287 e. The fourth-order valence-electron chi connectivity index (χ4n) is 4.00. The Hall–Kier alpha value is -2.53. The van der Waals surface area contributed by atoms with Gasteiger partial charge in [0.15, 0.2) is 5.82 Å². The lowest BCUT2D eigenvalue weighted by Crippen LogP contribution is -2.49. The third-order valence-electron chi connectivity index (χ3n) is 5.63. The molecule has 1 aliphatic heterocycles. The molecular weight excluding hydrogens is 322 g/mol. The Bertz CT molecular complexity index is 957. The summed E-state index contributed by atoms with van der Waals surface area (Å²) in [7, 11) is 2.17. The van der Waals surface area contributed by atoms with E-state index in [1.165, 1.54) is 22.3 Å². The highest BCUT2D eigenvalue weighted by molar-refractivity contribution is 5.44. The van der Waals surface area contributed by atoms with E-state index in [1.54, 1.807) is 0 Å². The molecule has 0 amide bonds. The normalized spacial score (nSPS) is 19.3. The monoisotopic (exact) mass is 347 g/mol. The fraction of sp³-hybridized carbons (Fsp3) is 0.381. The van der Waals surface area contributed by atoms with Crippen LogP contribution < -0.4 is 0 Å². The van der Waals surface area contributed by atoms with Gasteiger partial charge in [0.05, 0.1) is 11.7 Å². The molecule has 0 bridgehead atoms. The van der Waals surface area contributed by atoms with Crippen molar-refractivity contribution in [2.75, 3.05) is 7.05 Å². The average molecular weight is 347 g/mol. The minimum absolute atomic E-state index is 0.0191. The number of fused-ring (bicyclic) bond motifs is 1. The van der Waals surface area contributed by atoms with Crippen LogP contribution in [0, 0.1) is 13.8 Å². The van der Waals surface area contributed by atoms with Gasteiger partial charge < -0.3 is 0 Å². The van der Waals surface area contributed by atoms with Gasteiger partial charge >= 0.3 is 0 Å². The summed E-state index contributed by atoms with van der Waals surface area (Å²) in [4.78, 5) is 2.39. The number of nitrogens with zero attached hydrogens (tertiary/aromatic N) is 5. The van der Waals surface area contributed by atoms with Crippen LogP contribution in [0.1, 0.15) is 48.0 Å². The molecule has 134 valence electrons. The smallest absolute Gasteiger partial charge is 0.178 e. The molecule has 4 rings (SSSR count). The van der Waals surface area contributed by atoms with Crippen molar-refractivity contribution < 1.29 is 0 Å². The van der Waals surface area contributed by atoms with Crippen molar-refractivity contribution in [2.45, 2.75) is 45.7 Å². The predicted molar refractivity (Wildman–Crippen MR) is 102 cm³/mol. The van der Waals surface area contributed by atoms with Crippen molar-refractivity contribution in [3.63, 3.8) is 0 Å². The van der Waals surface area contributed by atoms with Crippen LogP contribution in [0.15, 0.2) is 42.5 Å². The van der Waals surface area contributed by atoms with Crippen molar-refractivity contribution in [1.29, 1.82) is 0 Å². The molecule has 0 saturated carbocycles.